The number of ether oxygens (including phenoxy) is 2. The van der Waals surface area contributed by atoms with Crippen molar-refractivity contribution in [2.24, 2.45) is 0 Å². The molecule has 0 aliphatic rings. The summed E-state index contributed by atoms with van der Waals surface area (Å²) >= 11 is 0. The van der Waals surface area contributed by atoms with Gasteiger partial charge in [0.25, 0.3) is 5.91 Å². The number of hydrogen-bond acceptors (Lipinski definition) is 3. The number of benzene rings is 2. The number of halogens is 1. The molecule has 23 heavy (non-hydrogen) atoms. The second-order valence-corrected chi connectivity index (χ2v) is 5.41. The topological polar surface area (TPSA) is 47.6 Å². The maximum absolute atomic E-state index is 13.4. The lowest BCUT2D eigenvalue weighted by molar-refractivity contribution is 0.102. The smallest absolute Gasteiger partial charge is 0.255 e. The fourth-order valence-corrected chi connectivity index (χ4v) is 2.27. The molecule has 0 bridgehead atoms. The molecule has 0 spiro atoms. The number of nitrogens with one attached hydrogen (secondary N) is 1. The lowest BCUT2D eigenvalue weighted by Gasteiger charge is -2.14. The summed E-state index contributed by atoms with van der Waals surface area (Å²) in [5, 5.41) is 2.74. The van der Waals surface area contributed by atoms with Crippen LogP contribution >= 0.6 is 0 Å². The van der Waals surface area contributed by atoms with Gasteiger partial charge in [-0.2, -0.15) is 0 Å². The van der Waals surface area contributed by atoms with E-state index in [2.05, 4.69) is 5.32 Å². The van der Waals surface area contributed by atoms with E-state index in [9.17, 15) is 9.18 Å². The first-order chi connectivity index (χ1) is 11.0. The average molecular weight is 317 g/mol. The van der Waals surface area contributed by atoms with Crippen LogP contribution in [0.5, 0.6) is 11.5 Å². The van der Waals surface area contributed by atoms with Crippen LogP contribution in [0.25, 0.3) is 0 Å². The van der Waals surface area contributed by atoms with Crippen molar-refractivity contribution in [3.8, 4) is 11.5 Å². The van der Waals surface area contributed by atoms with E-state index in [-0.39, 0.29) is 17.6 Å². The predicted molar refractivity (Wildman–Crippen MR) is 88.0 cm³/mol. The number of carbonyl (C=O) groups excluding carboxylic acids is 1. The molecule has 0 fully saturated rings. The zero-order valence-electron chi connectivity index (χ0n) is 13.6. The van der Waals surface area contributed by atoms with Crippen LogP contribution in [0.1, 0.15) is 35.7 Å². The van der Waals surface area contributed by atoms with Crippen LogP contribution in [0.3, 0.4) is 0 Å². The van der Waals surface area contributed by atoms with Crippen molar-refractivity contribution in [3.05, 3.63) is 53.3 Å². The first kappa shape index (κ1) is 16.8. The number of carbonyl (C=O) groups is 1. The monoisotopic (exact) mass is 317 g/mol. The molecule has 0 saturated heterocycles. The minimum Gasteiger partial charge on any atom is -0.496 e. The Morgan fingerprint density at radius 3 is 2.35 bits per heavy atom. The van der Waals surface area contributed by atoms with Gasteiger partial charge in [0, 0.05) is 17.3 Å². The van der Waals surface area contributed by atoms with Gasteiger partial charge in [0.05, 0.1) is 14.2 Å². The Labute approximate surface area is 135 Å². The second kappa shape index (κ2) is 7.13. The summed E-state index contributed by atoms with van der Waals surface area (Å²) in [7, 11) is 2.98. The molecule has 0 aromatic heterocycles. The normalized spacial score (nSPS) is 10.5. The summed E-state index contributed by atoms with van der Waals surface area (Å²) in [4.78, 5) is 12.4. The molecular weight excluding hydrogens is 297 g/mol. The van der Waals surface area contributed by atoms with Gasteiger partial charge < -0.3 is 14.8 Å². The van der Waals surface area contributed by atoms with E-state index in [1.807, 2.05) is 13.8 Å². The van der Waals surface area contributed by atoms with Crippen LogP contribution in [-0.2, 0) is 0 Å². The molecule has 0 unspecified atom stereocenters. The van der Waals surface area contributed by atoms with Crippen LogP contribution in [0.15, 0.2) is 36.4 Å². The van der Waals surface area contributed by atoms with Crippen molar-refractivity contribution in [3.63, 3.8) is 0 Å². The fraction of sp³-hybridized carbons (Fsp3) is 0.278. The van der Waals surface area contributed by atoms with E-state index in [1.165, 1.54) is 25.3 Å². The van der Waals surface area contributed by atoms with E-state index in [1.54, 1.807) is 25.3 Å². The van der Waals surface area contributed by atoms with Crippen LogP contribution in [0, 0.1) is 5.82 Å². The van der Waals surface area contributed by atoms with Crippen molar-refractivity contribution in [1.82, 2.24) is 0 Å². The van der Waals surface area contributed by atoms with Crippen molar-refractivity contribution in [2.75, 3.05) is 19.5 Å². The van der Waals surface area contributed by atoms with Gasteiger partial charge in [-0.15, -0.1) is 0 Å². The van der Waals surface area contributed by atoms with Crippen molar-refractivity contribution in [2.45, 2.75) is 19.8 Å². The molecule has 0 heterocycles. The maximum Gasteiger partial charge on any atom is 0.255 e. The van der Waals surface area contributed by atoms with Gasteiger partial charge >= 0.3 is 0 Å². The number of hydrogen-bond donors (Lipinski definition) is 1. The van der Waals surface area contributed by atoms with Crippen LogP contribution < -0.4 is 14.8 Å². The summed E-state index contributed by atoms with van der Waals surface area (Å²) in [5.41, 5.74) is 1.93. The lowest BCUT2D eigenvalue weighted by atomic mass is 9.99. The molecule has 0 saturated carbocycles. The predicted octanol–water partition coefficient (Wildman–Crippen LogP) is 4.22. The van der Waals surface area contributed by atoms with Gasteiger partial charge in [-0.05, 0) is 41.8 Å². The summed E-state index contributed by atoms with van der Waals surface area (Å²) in [5.74, 6) is 0.310. The summed E-state index contributed by atoms with van der Waals surface area (Å²) in [6.45, 7) is 4.06. The standard InChI is InChI=1S/C18H20FNO3/c1-11(2)14-9-12(5-8-16(14)22-3)18(21)20-13-6-7-15(19)17(10-13)23-4/h5-11H,1-4H3,(H,20,21). The molecule has 2 aromatic rings. The third kappa shape index (κ3) is 3.80. The molecule has 0 atom stereocenters. The SMILES string of the molecule is COc1cc(NC(=O)c2ccc(OC)c(C(C)C)c2)ccc1F. The first-order valence-corrected chi connectivity index (χ1v) is 7.29. The van der Waals surface area contributed by atoms with E-state index in [0.29, 0.717) is 11.3 Å². The summed E-state index contributed by atoms with van der Waals surface area (Å²) in [6, 6.07) is 9.46. The second-order valence-electron chi connectivity index (χ2n) is 5.41. The number of methoxy groups -OCH3 is 2. The molecular formula is C18H20FNO3. The van der Waals surface area contributed by atoms with Gasteiger partial charge in [-0.3, -0.25) is 4.79 Å². The highest BCUT2D eigenvalue weighted by Crippen LogP contribution is 2.28. The Balaban J connectivity index is 2.25. The van der Waals surface area contributed by atoms with Crippen LogP contribution in [-0.4, -0.2) is 20.1 Å². The van der Waals surface area contributed by atoms with Gasteiger partial charge in [-0.25, -0.2) is 4.39 Å². The third-order valence-electron chi connectivity index (χ3n) is 3.52. The van der Waals surface area contributed by atoms with E-state index in [0.717, 1.165) is 11.3 Å². The average Bonchev–Trinajstić information content (AvgIpc) is 2.55. The molecule has 5 heteroatoms. The highest BCUT2D eigenvalue weighted by Gasteiger charge is 2.13. The molecule has 122 valence electrons. The molecule has 0 aliphatic carbocycles. The Hall–Kier alpha value is -2.56. The van der Waals surface area contributed by atoms with Gasteiger partial charge in [0.15, 0.2) is 11.6 Å². The summed E-state index contributed by atoms with van der Waals surface area (Å²) < 4.78 is 23.6. The van der Waals surface area contributed by atoms with Crippen molar-refractivity contribution < 1.29 is 18.7 Å². The Morgan fingerprint density at radius 1 is 1.04 bits per heavy atom. The molecule has 1 amide bonds. The third-order valence-corrected chi connectivity index (χ3v) is 3.52. The quantitative estimate of drug-likeness (QED) is 0.898. The van der Waals surface area contributed by atoms with E-state index >= 15 is 0 Å². The first-order valence-electron chi connectivity index (χ1n) is 7.29. The summed E-state index contributed by atoms with van der Waals surface area (Å²) in [6.07, 6.45) is 0. The van der Waals surface area contributed by atoms with Crippen molar-refractivity contribution >= 4 is 11.6 Å². The minimum atomic E-state index is -0.475. The molecule has 2 aromatic carbocycles. The van der Waals surface area contributed by atoms with Crippen LogP contribution in [0.2, 0.25) is 0 Å². The van der Waals surface area contributed by atoms with Gasteiger partial charge in [0.2, 0.25) is 0 Å². The Kier molecular flexibility index (Phi) is 5.21. The van der Waals surface area contributed by atoms with Gasteiger partial charge in [-0.1, -0.05) is 13.8 Å². The largest absolute Gasteiger partial charge is 0.496 e. The molecule has 0 aliphatic heterocycles. The van der Waals surface area contributed by atoms with E-state index < -0.39 is 5.82 Å². The highest BCUT2D eigenvalue weighted by atomic mass is 19.1. The fourth-order valence-electron chi connectivity index (χ4n) is 2.27. The molecule has 0 radical (unpaired) electrons. The molecule has 4 nitrogen and oxygen atoms in total. The Morgan fingerprint density at radius 2 is 1.74 bits per heavy atom. The number of amides is 1. The number of anilines is 1. The Bertz CT molecular complexity index is 713. The van der Waals surface area contributed by atoms with Crippen molar-refractivity contribution in [1.29, 1.82) is 0 Å². The maximum atomic E-state index is 13.4. The van der Waals surface area contributed by atoms with Crippen LogP contribution in [0.4, 0.5) is 10.1 Å². The zero-order valence-corrected chi connectivity index (χ0v) is 13.6. The van der Waals surface area contributed by atoms with E-state index in [4.69, 9.17) is 9.47 Å². The van der Waals surface area contributed by atoms with Gasteiger partial charge in [0.1, 0.15) is 5.75 Å². The number of rotatable bonds is 5. The minimum absolute atomic E-state index is 0.0837. The molecule has 1 N–H and O–H groups in total. The lowest BCUT2D eigenvalue weighted by Crippen LogP contribution is -2.13. The highest BCUT2D eigenvalue weighted by molar-refractivity contribution is 6.04. The zero-order chi connectivity index (χ0) is 17.0. The molecule has 2 rings (SSSR count).